The van der Waals surface area contributed by atoms with E-state index in [1.807, 2.05) is 12.1 Å². The lowest BCUT2D eigenvalue weighted by atomic mass is 9.59. The van der Waals surface area contributed by atoms with Crippen LogP contribution in [-0.4, -0.2) is 42.7 Å². The average Bonchev–Trinajstić information content (AvgIpc) is 3.20. The van der Waals surface area contributed by atoms with Crippen molar-refractivity contribution in [2.75, 3.05) is 19.1 Å². The number of methoxy groups -OCH3 is 2. The Labute approximate surface area is 225 Å². The highest BCUT2D eigenvalue weighted by molar-refractivity contribution is 6.25. The van der Waals surface area contributed by atoms with Crippen LogP contribution in [0.25, 0.3) is 0 Å². The van der Waals surface area contributed by atoms with Gasteiger partial charge in [0.1, 0.15) is 17.2 Å². The smallest absolute Gasteiger partial charge is 0.238 e. The van der Waals surface area contributed by atoms with E-state index in [2.05, 4.69) is 0 Å². The number of ether oxygens (including phenoxy) is 2. The van der Waals surface area contributed by atoms with Crippen molar-refractivity contribution >= 4 is 29.1 Å². The summed E-state index contributed by atoms with van der Waals surface area (Å²) in [5.41, 5.74) is 2.48. The third-order valence-electron chi connectivity index (χ3n) is 8.42. The molecule has 39 heavy (non-hydrogen) atoms. The van der Waals surface area contributed by atoms with Gasteiger partial charge in [0.2, 0.25) is 11.8 Å². The molecule has 0 aromatic heterocycles. The number of allylic oxidation sites excluding steroid dienone is 6. The summed E-state index contributed by atoms with van der Waals surface area (Å²) in [4.78, 5) is 55.5. The zero-order chi connectivity index (χ0) is 27.6. The number of rotatable bonds is 4. The number of anilines is 1. The number of benzene rings is 2. The molecule has 1 N–H and O–H groups in total. The van der Waals surface area contributed by atoms with Gasteiger partial charge in [-0.25, -0.2) is 0 Å². The molecule has 8 heteroatoms. The van der Waals surface area contributed by atoms with E-state index in [1.165, 1.54) is 31.3 Å². The number of fused-ring (bicyclic) bond motifs is 3. The van der Waals surface area contributed by atoms with E-state index in [1.54, 1.807) is 37.3 Å². The monoisotopic (exact) mass is 525 g/mol. The Morgan fingerprint density at radius 2 is 1.69 bits per heavy atom. The second kappa shape index (κ2) is 9.08. The summed E-state index contributed by atoms with van der Waals surface area (Å²) in [7, 11) is 2.92. The molecule has 198 valence electrons. The highest BCUT2D eigenvalue weighted by Gasteiger charge is 2.57. The third-order valence-corrected chi connectivity index (χ3v) is 8.42. The molecule has 2 aromatic carbocycles. The molecule has 3 aliphatic carbocycles. The van der Waals surface area contributed by atoms with Gasteiger partial charge in [0.25, 0.3) is 0 Å². The van der Waals surface area contributed by atoms with Gasteiger partial charge in [0.05, 0.1) is 31.7 Å². The molecular formula is C31H27NO7. The second-order valence-corrected chi connectivity index (χ2v) is 10.3. The molecule has 2 amide bonds. The maximum Gasteiger partial charge on any atom is 0.238 e. The van der Waals surface area contributed by atoms with Crippen LogP contribution in [0.2, 0.25) is 0 Å². The van der Waals surface area contributed by atoms with Gasteiger partial charge in [-0.3, -0.25) is 24.1 Å². The summed E-state index contributed by atoms with van der Waals surface area (Å²) in [5, 5.41) is 11.2. The highest BCUT2D eigenvalue weighted by atomic mass is 16.5. The van der Waals surface area contributed by atoms with Crippen molar-refractivity contribution in [2.45, 2.75) is 25.7 Å². The van der Waals surface area contributed by atoms with E-state index in [0.29, 0.717) is 40.3 Å². The minimum absolute atomic E-state index is 0.154. The summed E-state index contributed by atoms with van der Waals surface area (Å²) in [6.07, 6.45) is 3.71. The Kier molecular flexibility index (Phi) is 5.79. The molecular weight excluding hydrogens is 498 g/mol. The number of hydrogen-bond acceptors (Lipinski definition) is 7. The van der Waals surface area contributed by atoms with Crippen LogP contribution in [0.4, 0.5) is 5.69 Å². The van der Waals surface area contributed by atoms with Gasteiger partial charge in [0.15, 0.2) is 11.6 Å². The van der Waals surface area contributed by atoms with Crippen LogP contribution in [0.5, 0.6) is 17.2 Å². The van der Waals surface area contributed by atoms with E-state index in [0.717, 1.165) is 5.57 Å². The van der Waals surface area contributed by atoms with Crippen molar-refractivity contribution in [1.82, 2.24) is 0 Å². The fraction of sp³-hybridized carbons (Fsp3) is 0.290. The minimum atomic E-state index is -0.825. The fourth-order valence-corrected chi connectivity index (χ4v) is 6.69. The van der Waals surface area contributed by atoms with Crippen LogP contribution in [0, 0.1) is 17.8 Å². The van der Waals surface area contributed by atoms with Crippen molar-refractivity contribution in [2.24, 2.45) is 17.8 Å². The molecule has 1 aliphatic heterocycles. The van der Waals surface area contributed by atoms with Crippen LogP contribution < -0.4 is 14.4 Å². The largest absolute Gasteiger partial charge is 0.507 e. The molecule has 1 heterocycles. The number of imide groups is 1. The van der Waals surface area contributed by atoms with E-state index in [9.17, 15) is 24.3 Å². The number of aromatic hydroxyl groups is 1. The summed E-state index contributed by atoms with van der Waals surface area (Å²) in [6.45, 7) is 1.60. The summed E-state index contributed by atoms with van der Waals surface area (Å²) >= 11 is 0. The van der Waals surface area contributed by atoms with Gasteiger partial charge in [0, 0.05) is 40.3 Å². The molecule has 0 bridgehead atoms. The lowest BCUT2D eigenvalue weighted by Gasteiger charge is -2.42. The zero-order valence-corrected chi connectivity index (χ0v) is 21.8. The van der Waals surface area contributed by atoms with Gasteiger partial charge in [-0.2, -0.15) is 0 Å². The Balaban J connectivity index is 1.54. The van der Waals surface area contributed by atoms with Crippen LogP contribution in [0.3, 0.4) is 0 Å². The first kappa shape index (κ1) is 24.9. The number of Topliss-reactive ketones (excluding diaryl/α,β-unsaturated/α-hetero) is 1. The minimum Gasteiger partial charge on any atom is -0.507 e. The highest BCUT2D eigenvalue weighted by Crippen LogP contribution is 2.58. The number of carbonyl (C=O) groups excluding carboxylic acids is 4. The lowest BCUT2D eigenvalue weighted by Crippen LogP contribution is -2.40. The van der Waals surface area contributed by atoms with E-state index in [-0.39, 0.29) is 41.1 Å². The van der Waals surface area contributed by atoms with E-state index in [4.69, 9.17) is 9.47 Å². The number of hydrogen-bond donors (Lipinski definition) is 1. The van der Waals surface area contributed by atoms with E-state index < -0.39 is 23.7 Å². The molecule has 1 fully saturated rings. The van der Waals surface area contributed by atoms with Crippen molar-refractivity contribution in [1.29, 1.82) is 0 Å². The number of nitrogens with zero attached hydrogens (tertiary/aromatic N) is 1. The maximum absolute atomic E-state index is 13.9. The Hall–Kier alpha value is -4.46. The summed E-state index contributed by atoms with van der Waals surface area (Å²) < 4.78 is 10.9. The summed E-state index contributed by atoms with van der Waals surface area (Å²) in [6, 6.07) is 11.9. The van der Waals surface area contributed by atoms with Crippen LogP contribution >= 0.6 is 0 Å². The Bertz CT molecular complexity index is 1550. The van der Waals surface area contributed by atoms with Crippen LogP contribution in [-0.2, 0) is 19.2 Å². The standard InChI is InChI=1S/C31H27NO7/c1-15-11-22(33)21-14-20-18(9-10-19-25(20)31(37)32(30(19)36)16-7-5-4-6-8-16)26(27(21)29(15)35)28-23(34)12-17(38-2)13-24(28)39-3/h4-9,11-13,19-20,25-26,34H,10,14H2,1-3H3/t19-,20+,25-,26-/m0/s1. The first-order valence-corrected chi connectivity index (χ1v) is 12.8. The maximum atomic E-state index is 13.9. The van der Waals surface area contributed by atoms with Gasteiger partial charge in [-0.15, -0.1) is 0 Å². The van der Waals surface area contributed by atoms with Crippen molar-refractivity contribution < 1.29 is 33.8 Å². The first-order chi connectivity index (χ1) is 18.8. The average molecular weight is 526 g/mol. The molecule has 4 aliphatic rings. The predicted octanol–water partition coefficient (Wildman–Crippen LogP) is 4.04. The molecule has 2 aromatic rings. The molecule has 0 radical (unpaired) electrons. The van der Waals surface area contributed by atoms with Gasteiger partial charge in [-0.1, -0.05) is 29.8 Å². The van der Waals surface area contributed by atoms with Gasteiger partial charge in [-0.05, 0) is 43.9 Å². The SMILES string of the molecule is COc1cc(O)c([C@H]2C3=CC[C@@H]4C(=O)N(c5ccccc5)C(=O)[C@@H]4[C@@H]3CC3=C2C(=O)C(C)=CC3=O)c(OC)c1. The van der Waals surface area contributed by atoms with Crippen molar-refractivity contribution in [3.05, 3.63) is 82.5 Å². The Morgan fingerprint density at radius 3 is 2.38 bits per heavy atom. The van der Waals surface area contributed by atoms with Crippen LogP contribution in [0.15, 0.2) is 76.9 Å². The number of carbonyl (C=O) groups is 4. The molecule has 1 saturated heterocycles. The lowest BCUT2D eigenvalue weighted by molar-refractivity contribution is -0.123. The Morgan fingerprint density at radius 1 is 0.949 bits per heavy atom. The normalized spacial score (nSPS) is 26.1. The number of phenols is 1. The molecule has 0 unspecified atom stereocenters. The fourth-order valence-electron chi connectivity index (χ4n) is 6.69. The molecule has 0 spiro atoms. The quantitative estimate of drug-likeness (QED) is 0.364. The molecule has 4 atom stereocenters. The van der Waals surface area contributed by atoms with Crippen LogP contribution in [0.1, 0.15) is 31.2 Å². The number of phenolic OH excluding ortho intramolecular Hbond substituents is 1. The summed E-state index contributed by atoms with van der Waals surface area (Å²) in [5.74, 6) is -3.27. The molecule has 6 rings (SSSR count). The third kappa shape index (κ3) is 3.58. The number of amides is 2. The first-order valence-electron chi connectivity index (χ1n) is 12.8. The topological polar surface area (TPSA) is 110 Å². The molecule has 0 saturated carbocycles. The zero-order valence-electron chi connectivity index (χ0n) is 21.8. The number of para-hydroxylation sites is 1. The van der Waals surface area contributed by atoms with Crippen molar-refractivity contribution in [3.63, 3.8) is 0 Å². The van der Waals surface area contributed by atoms with Gasteiger partial charge < -0.3 is 14.6 Å². The van der Waals surface area contributed by atoms with Crippen molar-refractivity contribution in [3.8, 4) is 17.2 Å². The second-order valence-electron chi connectivity index (χ2n) is 10.3. The van der Waals surface area contributed by atoms with Gasteiger partial charge >= 0.3 is 0 Å². The predicted molar refractivity (Wildman–Crippen MR) is 141 cm³/mol. The molecule has 8 nitrogen and oxygen atoms in total. The van der Waals surface area contributed by atoms with E-state index >= 15 is 0 Å². The number of ketones is 2.